The summed E-state index contributed by atoms with van der Waals surface area (Å²) in [6.45, 7) is 1.27. The Balaban J connectivity index is 1.45. The number of nitrogens with zero attached hydrogens (tertiary/aromatic N) is 4. The number of ether oxygens (including phenoxy) is 1. The minimum absolute atomic E-state index is 0.158. The van der Waals surface area contributed by atoms with Crippen LogP contribution in [0.2, 0.25) is 0 Å². The van der Waals surface area contributed by atoms with Gasteiger partial charge in [0.05, 0.1) is 26.0 Å². The number of amides is 1. The molecular formula is C16H14N6O2. The molecule has 1 aromatic carbocycles. The summed E-state index contributed by atoms with van der Waals surface area (Å²) in [5.41, 5.74) is 3.23. The highest BCUT2D eigenvalue weighted by Gasteiger charge is 2.19. The normalized spacial score (nSPS) is 12.8. The molecule has 1 aliphatic rings. The average Bonchev–Trinajstić information content (AvgIpc) is 3.29. The standard InChI is InChI=1S/C16H14N6O2/c23-16(11-3-1-2-10-8-24-9-12(10)11)19-7-14-20-15(22-21-14)13-6-17-4-5-18-13/h1-6H,7-9H2,(H,19,23)(H,20,21,22). The molecule has 24 heavy (non-hydrogen) atoms. The number of nitrogens with one attached hydrogen (secondary N) is 2. The van der Waals surface area contributed by atoms with Gasteiger partial charge < -0.3 is 10.1 Å². The fraction of sp³-hybridized carbons (Fsp3) is 0.188. The van der Waals surface area contributed by atoms with Gasteiger partial charge in [-0.3, -0.25) is 14.9 Å². The average molecular weight is 322 g/mol. The lowest BCUT2D eigenvalue weighted by molar-refractivity contribution is 0.0944. The SMILES string of the molecule is O=C(NCc1nc(-c2cnccn2)n[nH]1)c1cccc2c1COC2. The number of rotatable bonds is 4. The third-order valence-electron chi connectivity index (χ3n) is 3.76. The molecule has 0 fully saturated rings. The Morgan fingerprint density at radius 1 is 1.29 bits per heavy atom. The number of fused-ring (bicyclic) bond motifs is 1. The molecule has 3 aromatic rings. The molecular weight excluding hydrogens is 308 g/mol. The lowest BCUT2D eigenvalue weighted by Gasteiger charge is -2.07. The van der Waals surface area contributed by atoms with Crippen LogP contribution in [0, 0.1) is 0 Å². The Labute approximate surface area is 137 Å². The molecule has 0 radical (unpaired) electrons. The van der Waals surface area contributed by atoms with Crippen LogP contribution in [0.1, 0.15) is 27.3 Å². The smallest absolute Gasteiger partial charge is 0.252 e. The van der Waals surface area contributed by atoms with Gasteiger partial charge in [0.25, 0.3) is 5.91 Å². The van der Waals surface area contributed by atoms with Crippen LogP contribution >= 0.6 is 0 Å². The van der Waals surface area contributed by atoms with Crippen LogP contribution in [0.3, 0.4) is 0 Å². The Morgan fingerprint density at radius 3 is 3.12 bits per heavy atom. The first-order chi connectivity index (χ1) is 11.8. The molecule has 0 saturated heterocycles. The highest BCUT2D eigenvalue weighted by molar-refractivity contribution is 5.96. The number of aromatic nitrogens is 5. The Morgan fingerprint density at radius 2 is 2.25 bits per heavy atom. The number of hydrogen-bond donors (Lipinski definition) is 2. The minimum atomic E-state index is -0.158. The Kier molecular flexibility index (Phi) is 3.72. The van der Waals surface area contributed by atoms with Crippen molar-refractivity contribution in [2.24, 2.45) is 0 Å². The first-order valence-corrected chi connectivity index (χ1v) is 7.45. The van der Waals surface area contributed by atoms with Gasteiger partial charge in [0.15, 0.2) is 0 Å². The van der Waals surface area contributed by atoms with E-state index in [1.54, 1.807) is 24.7 Å². The molecule has 0 bridgehead atoms. The van der Waals surface area contributed by atoms with Crippen LogP contribution in [0.15, 0.2) is 36.8 Å². The summed E-state index contributed by atoms with van der Waals surface area (Å²) < 4.78 is 5.40. The molecule has 2 aromatic heterocycles. The maximum Gasteiger partial charge on any atom is 0.252 e. The topological polar surface area (TPSA) is 106 Å². The van der Waals surface area contributed by atoms with E-state index in [2.05, 4.69) is 30.5 Å². The van der Waals surface area contributed by atoms with Gasteiger partial charge in [0.1, 0.15) is 11.5 Å². The highest BCUT2D eigenvalue weighted by atomic mass is 16.5. The van der Waals surface area contributed by atoms with Crippen LogP contribution < -0.4 is 5.32 Å². The van der Waals surface area contributed by atoms with Crippen molar-refractivity contribution < 1.29 is 9.53 Å². The number of benzene rings is 1. The van der Waals surface area contributed by atoms with Crippen LogP contribution in [0.4, 0.5) is 0 Å². The summed E-state index contributed by atoms with van der Waals surface area (Å²) in [7, 11) is 0. The summed E-state index contributed by atoms with van der Waals surface area (Å²) in [6, 6.07) is 5.64. The van der Waals surface area contributed by atoms with Gasteiger partial charge in [0.2, 0.25) is 5.82 Å². The van der Waals surface area contributed by atoms with E-state index in [1.807, 2.05) is 12.1 Å². The van der Waals surface area contributed by atoms with Gasteiger partial charge in [0, 0.05) is 18.0 Å². The molecule has 2 N–H and O–H groups in total. The highest BCUT2D eigenvalue weighted by Crippen LogP contribution is 2.23. The molecule has 4 rings (SSSR count). The fourth-order valence-electron chi connectivity index (χ4n) is 2.58. The molecule has 0 spiro atoms. The van der Waals surface area contributed by atoms with Crippen molar-refractivity contribution in [3.63, 3.8) is 0 Å². The molecule has 8 nitrogen and oxygen atoms in total. The van der Waals surface area contributed by atoms with E-state index < -0.39 is 0 Å². The third kappa shape index (κ3) is 2.74. The summed E-state index contributed by atoms with van der Waals surface area (Å²) in [5.74, 6) is 0.837. The number of aromatic amines is 1. The third-order valence-corrected chi connectivity index (χ3v) is 3.76. The molecule has 0 aliphatic carbocycles. The molecule has 0 saturated carbocycles. The maximum absolute atomic E-state index is 12.4. The molecule has 1 aliphatic heterocycles. The second-order valence-electron chi connectivity index (χ2n) is 5.32. The van der Waals surface area contributed by atoms with E-state index in [1.165, 1.54) is 0 Å². The van der Waals surface area contributed by atoms with Gasteiger partial charge >= 0.3 is 0 Å². The summed E-state index contributed by atoms with van der Waals surface area (Å²) in [4.78, 5) is 24.8. The van der Waals surface area contributed by atoms with E-state index in [4.69, 9.17) is 4.74 Å². The fourth-order valence-corrected chi connectivity index (χ4v) is 2.58. The predicted octanol–water partition coefficient (Wildman–Crippen LogP) is 1.22. The van der Waals surface area contributed by atoms with Crippen LogP contribution in [0.5, 0.6) is 0 Å². The van der Waals surface area contributed by atoms with Gasteiger partial charge in [-0.1, -0.05) is 12.1 Å². The number of H-pyrrole nitrogens is 1. The van der Waals surface area contributed by atoms with Crippen LogP contribution in [0.25, 0.3) is 11.5 Å². The van der Waals surface area contributed by atoms with E-state index in [-0.39, 0.29) is 12.5 Å². The van der Waals surface area contributed by atoms with Gasteiger partial charge in [-0.15, -0.1) is 0 Å². The Hall–Kier alpha value is -3.13. The maximum atomic E-state index is 12.4. The molecule has 8 heteroatoms. The zero-order valence-electron chi connectivity index (χ0n) is 12.7. The first kappa shape index (κ1) is 14.5. The quantitative estimate of drug-likeness (QED) is 0.748. The van der Waals surface area contributed by atoms with E-state index in [9.17, 15) is 4.79 Å². The molecule has 1 amide bonds. The van der Waals surface area contributed by atoms with Crippen molar-refractivity contribution in [3.8, 4) is 11.5 Å². The minimum Gasteiger partial charge on any atom is -0.372 e. The predicted molar refractivity (Wildman–Crippen MR) is 83.5 cm³/mol. The van der Waals surface area contributed by atoms with Crippen LogP contribution in [-0.2, 0) is 24.5 Å². The van der Waals surface area contributed by atoms with Crippen molar-refractivity contribution in [1.29, 1.82) is 0 Å². The van der Waals surface area contributed by atoms with Crippen molar-refractivity contribution in [3.05, 3.63) is 59.3 Å². The number of carbonyl (C=O) groups excluding carboxylic acids is 1. The lowest BCUT2D eigenvalue weighted by atomic mass is 10.0. The zero-order valence-corrected chi connectivity index (χ0v) is 12.7. The molecule has 120 valence electrons. The second kappa shape index (κ2) is 6.17. The van der Waals surface area contributed by atoms with Crippen molar-refractivity contribution >= 4 is 5.91 Å². The van der Waals surface area contributed by atoms with E-state index >= 15 is 0 Å². The largest absolute Gasteiger partial charge is 0.372 e. The second-order valence-corrected chi connectivity index (χ2v) is 5.32. The van der Waals surface area contributed by atoms with E-state index in [0.717, 1.165) is 11.1 Å². The van der Waals surface area contributed by atoms with Gasteiger partial charge in [-0.2, -0.15) is 5.10 Å². The summed E-state index contributed by atoms with van der Waals surface area (Å²) >= 11 is 0. The molecule has 0 atom stereocenters. The van der Waals surface area contributed by atoms with Crippen molar-refractivity contribution in [1.82, 2.24) is 30.5 Å². The molecule has 3 heterocycles. The van der Waals surface area contributed by atoms with Gasteiger partial charge in [-0.25, -0.2) is 9.97 Å². The van der Waals surface area contributed by atoms with Crippen molar-refractivity contribution in [2.75, 3.05) is 0 Å². The van der Waals surface area contributed by atoms with Crippen molar-refractivity contribution in [2.45, 2.75) is 19.8 Å². The number of carbonyl (C=O) groups is 1. The molecule has 0 unspecified atom stereocenters. The lowest BCUT2D eigenvalue weighted by Crippen LogP contribution is -2.24. The summed E-state index contributed by atoms with van der Waals surface area (Å²) in [5, 5.41) is 9.73. The number of hydrogen-bond acceptors (Lipinski definition) is 6. The monoisotopic (exact) mass is 322 g/mol. The zero-order chi connectivity index (χ0) is 16.4. The van der Waals surface area contributed by atoms with Gasteiger partial charge in [-0.05, 0) is 17.2 Å². The Bertz CT molecular complexity index is 877. The summed E-state index contributed by atoms with van der Waals surface area (Å²) in [6.07, 6.45) is 4.74. The van der Waals surface area contributed by atoms with Crippen LogP contribution in [-0.4, -0.2) is 31.1 Å². The van der Waals surface area contributed by atoms with E-state index in [0.29, 0.717) is 36.1 Å². The first-order valence-electron chi connectivity index (χ1n) is 7.45.